The zero-order valence-corrected chi connectivity index (χ0v) is 16.0. The number of aryl methyl sites for hydroxylation is 2. The van der Waals surface area contributed by atoms with E-state index in [9.17, 15) is 9.59 Å². The van der Waals surface area contributed by atoms with Gasteiger partial charge in [-0.25, -0.2) is 4.79 Å². The zero-order valence-electron chi connectivity index (χ0n) is 14.5. The van der Waals surface area contributed by atoms with Gasteiger partial charge in [-0.15, -0.1) is 0 Å². The van der Waals surface area contributed by atoms with Crippen molar-refractivity contribution in [3.8, 4) is 0 Å². The van der Waals surface area contributed by atoms with Gasteiger partial charge in [0.15, 0.2) is 0 Å². The average Bonchev–Trinajstić information content (AvgIpc) is 2.63. The smallest absolute Gasteiger partial charge is 0.328 e. The van der Waals surface area contributed by atoms with Gasteiger partial charge in [-0.3, -0.25) is 4.79 Å². The molecule has 0 saturated carbocycles. The number of benzene rings is 2. The molecule has 0 aliphatic heterocycles. The van der Waals surface area contributed by atoms with E-state index in [-0.39, 0.29) is 5.91 Å². The van der Waals surface area contributed by atoms with Gasteiger partial charge in [-0.2, -0.15) is 0 Å². The van der Waals surface area contributed by atoms with Crippen LogP contribution < -0.4 is 5.32 Å². The minimum Gasteiger partial charge on any atom is -0.478 e. The van der Waals surface area contributed by atoms with Crippen LogP contribution in [0.1, 0.15) is 29.5 Å². The number of alkyl halides is 1. The molecule has 136 valence electrons. The van der Waals surface area contributed by atoms with Crippen molar-refractivity contribution in [2.45, 2.75) is 25.7 Å². The number of rotatable bonds is 9. The summed E-state index contributed by atoms with van der Waals surface area (Å²) in [6, 6.07) is 15.6. The van der Waals surface area contributed by atoms with Gasteiger partial charge in [-0.05, 0) is 54.2 Å². The van der Waals surface area contributed by atoms with E-state index < -0.39 is 5.97 Å². The normalized spacial score (nSPS) is 10.8. The van der Waals surface area contributed by atoms with Gasteiger partial charge >= 0.3 is 5.97 Å². The number of carbonyl (C=O) groups excluding carboxylic acids is 1. The van der Waals surface area contributed by atoms with E-state index in [4.69, 9.17) is 5.11 Å². The molecule has 0 aliphatic carbocycles. The Hall–Kier alpha value is -2.40. The molecule has 0 unspecified atom stereocenters. The minimum absolute atomic E-state index is 0.0132. The van der Waals surface area contributed by atoms with Crippen LogP contribution in [-0.2, 0) is 22.4 Å². The summed E-state index contributed by atoms with van der Waals surface area (Å²) in [7, 11) is 0. The third-order valence-electron chi connectivity index (χ3n) is 3.89. The molecule has 0 saturated heterocycles. The van der Waals surface area contributed by atoms with Crippen molar-refractivity contribution < 1.29 is 14.7 Å². The molecule has 0 aromatic heterocycles. The molecule has 0 bridgehead atoms. The molecule has 2 rings (SSSR count). The van der Waals surface area contributed by atoms with E-state index in [1.54, 1.807) is 6.08 Å². The Bertz CT molecular complexity index is 752. The molecule has 5 heteroatoms. The summed E-state index contributed by atoms with van der Waals surface area (Å²) in [6.07, 6.45) is 5.68. The first kappa shape index (κ1) is 19.9. The SMILES string of the molecule is O=C(O)/C=C/c1ccc(CCCC(=O)Nc2ccc(CCBr)cc2)cc1. The number of amides is 1. The fourth-order valence-corrected chi connectivity index (χ4v) is 2.96. The van der Waals surface area contributed by atoms with E-state index in [2.05, 4.69) is 21.2 Å². The second-order valence-corrected chi connectivity index (χ2v) is 6.74. The first-order valence-corrected chi connectivity index (χ1v) is 9.63. The van der Waals surface area contributed by atoms with Crippen molar-refractivity contribution >= 4 is 39.6 Å². The first-order valence-electron chi connectivity index (χ1n) is 8.51. The summed E-state index contributed by atoms with van der Waals surface area (Å²) >= 11 is 3.41. The molecule has 26 heavy (non-hydrogen) atoms. The number of hydrogen-bond acceptors (Lipinski definition) is 2. The van der Waals surface area contributed by atoms with Crippen molar-refractivity contribution in [2.24, 2.45) is 0 Å². The Morgan fingerprint density at radius 1 is 0.962 bits per heavy atom. The molecule has 4 nitrogen and oxygen atoms in total. The van der Waals surface area contributed by atoms with E-state index in [0.29, 0.717) is 6.42 Å². The lowest BCUT2D eigenvalue weighted by Crippen LogP contribution is -2.11. The summed E-state index contributed by atoms with van der Waals surface area (Å²) in [6.45, 7) is 0. The highest BCUT2D eigenvalue weighted by molar-refractivity contribution is 9.09. The van der Waals surface area contributed by atoms with Crippen LogP contribution in [0.15, 0.2) is 54.6 Å². The molecule has 0 spiro atoms. The molecule has 0 aliphatic rings. The summed E-state index contributed by atoms with van der Waals surface area (Å²) in [4.78, 5) is 22.5. The van der Waals surface area contributed by atoms with Crippen LogP contribution >= 0.6 is 15.9 Å². The molecule has 2 aromatic carbocycles. The van der Waals surface area contributed by atoms with Crippen molar-refractivity contribution in [3.05, 3.63) is 71.3 Å². The Balaban J connectivity index is 1.74. The van der Waals surface area contributed by atoms with Crippen molar-refractivity contribution in [2.75, 3.05) is 10.6 Å². The third-order valence-corrected chi connectivity index (χ3v) is 4.28. The Morgan fingerprint density at radius 2 is 1.58 bits per heavy atom. The summed E-state index contributed by atoms with van der Waals surface area (Å²) in [5.74, 6) is -0.947. The third kappa shape index (κ3) is 7.23. The lowest BCUT2D eigenvalue weighted by molar-refractivity contribution is -0.131. The van der Waals surface area contributed by atoms with Gasteiger partial charge in [0.05, 0.1) is 0 Å². The van der Waals surface area contributed by atoms with Crippen LogP contribution in [0.2, 0.25) is 0 Å². The quantitative estimate of drug-likeness (QED) is 0.461. The maximum atomic E-state index is 12.0. The van der Waals surface area contributed by atoms with Gasteiger partial charge in [0.1, 0.15) is 0 Å². The van der Waals surface area contributed by atoms with Gasteiger partial charge in [0.25, 0.3) is 0 Å². The second-order valence-electron chi connectivity index (χ2n) is 5.95. The number of anilines is 1. The highest BCUT2D eigenvalue weighted by Gasteiger charge is 2.03. The number of halogens is 1. The van der Waals surface area contributed by atoms with Crippen molar-refractivity contribution in [3.63, 3.8) is 0 Å². The molecule has 0 radical (unpaired) electrons. The van der Waals surface area contributed by atoms with Crippen LogP contribution in [-0.4, -0.2) is 22.3 Å². The maximum absolute atomic E-state index is 12.0. The lowest BCUT2D eigenvalue weighted by atomic mass is 10.1. The molecule has 0 heterocycles. The highest BCUT2D eigenvalue weighted by Crippen LogP contribution is 2.13. The molecule has 0 atom stereocenters. The number of aliphatic carboxylic acids is 1. The van der Waals surface area contributed by atoms with Crippen LogP contribution in [0, 0.1) is 0 Å². The van der Waals surface area contributed by atoms with Gasteiger partial charge in [-0.1, -0.05) is 52.3 Å². The average molecular weight is 416 g/mol. The molecule has 2 aromatic rings. The highest BCUT2D eigenvalue weighted by atomic mass is 79.9. The van der Waals surface area contributed by atoms with Crippen molar-refractivity contribution in [1.29, 1.82) is 0 Å². The Labute approximate surface area is 162 Å². The van der Waals surface area contributed by atoms with Crippen molar-refractivity contribution in [1.82, 2.24) is 0 Å². The topological polar surface area (TPSA) is 66.4 Å². The van der Waals surface area contributed by atoms with E-state index in [1.165, 1.54) is 5.56 Å². The van der Waals surface area contributed by atoms with Crippen LogP contribution in [0.25, 0.3) is 6.08 Å². The van der Waals surface area contributed by atoms with E-state index >= 15 is 0 Å². The largest absolute Gasteiger partial charge is 0.478 e. The lowest BCUT2D eigenvalue weighted by Gasteiger charge is -2.07. The van der Waals surface area contributed by atoms with E-state index in [0.717, 1.165) is 47.5 Å². The fraction of sp³-hybridized carbons (Fsp3) is 0.238. The Kier molecular flexibility index (Phi) is 8.09. The predicted octanol–water partition coefficient (Wildman–Crippen LogP) is 4.68. The first-order chi connectivity index (χ1) is 12.6. The molecular weight excluding hydrogens is 394 g/mol. The standard InChI is InChI=1S/C21H22BrNO3/c22-15-14-18-8-11-19(12-9-18)23-20(24)3-1-2-16-4-6-17(7-5-16)10-13-21(25)26/h4-13H,1-3,14-15H2,(H,23,24)(H,25,26)/b13-10+. The predicted molar refractivity (Wildman–Crippen MR) is 109 cm³/mol. The number of carboxylic acid groups (broad SMARTS) is 1. The summed E-state index contributed by atoms with van der Waals surface area (Å²) in [5.41, 5.74) is 4.03. The zero-order chi connectivity index (χ0) is 18.8. The minimum atomic E-state index is -0.960. The van der Waals surface area contributed by atoms with Gasteiger partial charge in [0.2, 0.25) is 5.91 Å². The maximum Gasteiger partial charge on any atom is 0.328 e. The number of carbonyl (C=O) groups is 2. The molecule has 0 fully saturated rings. The second kappa shape index (κ2) is 10.6. The number of nitrogens with one attached hydrogen (secondary N) is 1. The fourth-order valence-electron chi connectivity index (χ4n) is 2.50. The van der Waals surface area contributed by atoms with Crippen LogP contribution in [0.5, 0.6) is 0 Å². The van der Waals surface area contributed by atoms with Crippen LogP contribution in [0.3, 0.4) is 0 Å². The summed E-state index contributed by atoms with van der Waals surface area (Å²) in [5, 5.41) is 12.5. The Morgan fingerprint density at radius 3 is 2.19 bits per heavy atom. The monoisotopic (exact) mass is 415 g/mol. The van der Waals surface area contributed by atoms with Gasteiger partial charge in [0, 0.05) is 23.5 Å². The summed E-state index contributed by atoms with van der Waals surface area (Å²) < 4.78 is 0. The number of carboxylic acids is 1. The number of hydrogen-bond donors (Lipinski definition) is 2. The molecule has 2 N–H and O–H groups in total. The molecular formula is C21H22BrNO3. The van der Waals surface area contributed by atoms with Crippen LogP contribution in [0.4, 0.5) is 5.69 Å². The molecule has 1 amide bonds. The van der Waals surface area contributed by atoms with E-state index in [1.807, 2.05) is 48.5 Å². The van der Waals surface area contributed by atoms with Gasteiger partial charge < -0.3 is 10.4 Å².